The SMILES string of the molecule is COc1ccc(C)cc1CC(=O)OCC(=O)c1ccc2c(c1)CC(=O)N2C. The lowest BCUT2D eigenvalue weighted by molar-refractivity contribution is -0.141. The van der Waals surface area contributed by atoms with Crippen LogP contribution in [-0.2, 0) is 27.2 Å². The molecule has 6 nitrogen and oxygen atoms in total. The summed E-state index contributed by atoms with van der Waals surface area (Å²) in [5.74, 6) is -0.197. The molecule has 0 bridgehead atoms. The van der Waals surface area contributed by atoms with Crippen molar-refractivity contribution in [1.29, 1.82) is 0 Å². The van der Waals surface area contributed by atoms with Crippen molar-refractivity contribution in [1.82, 2.24) is 0 Å². The standard InChI is InChI=1S/C21H21NO5/c1-13-4-7-19(26-3)16(8-13)11-21(25)27-12-18(23)14-5-6-17-15(9-14)10-20(24)22(17)2/h4-9H,10-12H2,1-3H3. The smallest absolute Gasteiger partial charge is 0.310 e. The lowest BCUT2D eigenvalue weighted by Crippen LogP contribution is -2.20. The Morgan fingerprint density at radius 3 is 2.67 bits per heavy atom. The van der Waals surface area contributed by atoms with E-state index in [0.29, 0.717) is 16.9 Å². The summed E-state index contributed by atoms with van der Waals surface area (Å²) in [6.07, 6.45) is 0.307. The first-order valence-corrected chi connectivity index (χ1v) is 8.61. The van der Waals surface area contributed by atoms with Crippen LogP contribution in [0.5, 0.6) is 5.75 Å². The zero-order chi connectivity index (χ0) is 19.6. The molecule has 27 heavy (non-hydrogen) atoms. The molecule has 1 aliphatic heterocycles. The Hall–Kier alpha value is -3.15. The second-order valence-corrected chi connectivity index (χ2v) is 6.55. The van der Waals surface area contributed by atoms with Crippen LogP contribution in [0.1, 0.15) is 27.0 Å². The summed E-state index contributed by atoms with van der Waals surface area (Å²) >= 11 is 0. The molecule has 3 rings (SSSR count). The number of likely N-dealkylation sites (N-methyl/N-ethyl adjacent to an activating group) is 1. The molecule has 0 aliphatic carbocycles. The van der Waals surface area contributed by atoms with Crippen LogP contribution in [0.15, 0.2) is 36.4 Å². The molecule has 0 atom stereocenters. The molecule has 0 unspecified atom stereocenters. The number of methoxy groups -OCH3 is 1. The molecule has 0 radical (unpaired) electrons. The van der Waals surface area contributed by atoms with Crippen molar-refractivity contribution in [2.75, 3.05) is 25.7 Å². The van der Waals surface area contributed by atoms with E-state index in [1.165, 1.54) is 0 Å². The predicted octanol–water partition coefficient (Wildman–Crippen LogP) is 2.49. The Morgan fingerprint density at radius 1 is 1.15 bits per heavy atom. The van der Waals surface area contributed by atoms with Gasteiger partial charge in [-0.15, -0.1) is 0 Å². The topological polar surface area (TPSA) is 72.9 Å². The van der Waals surface area contributed by atoms with Crippen molar-refractivity contribution in [2.45, 2.75) is 19.8 Å². The fraction of sp³-hybridized carbons (Fsp3) is 0.286. The van der Waals surface area contributed by atoms with Crippen molar-refractivity contribution in [3.8, 4) is 5.75 Å². The third-order valence-corrected chi connectivity index (χ3v) is 4.61. The van der Waals surface area contributed by atoms with Gasteiger partial charge in [-0.25, -0.2) is 0 Å². The van der Waals surface area contributed by atoms with Gasteiger partial charge in [0.1, 0.15) is 5.75 Å². The number of benzene rings is 2. The average Bonchev–Trinajstić information content (AvgIpc) is 2.93. The third-order valence-electron chi connectivity index (χ3n) is 4.61. The van der Waals surface area contributed by atoms with Crippen molar-refractivity contribution < 1.29 is 23.9 Å². The van der Waals surface area contributed by atoms with E-state index in [1.807, 2.05) is 19.1 Å². The van der Waals surface area contributed by atoms with E-state index in [9.17, 15) is 14.4 Å². The highest BCUT2D eigenvalue weighted by molar-refractivity contribution is 6.04. The maximum absolute atomic E-state index is 12.3. The largest absolute Gasteiger partial charge is 0.496 e. The van der Waals surface area contributed by atoms with Gasteiger partial charge in [0, 0.05) is 23.9 Å². The van der Waals surface area contributed by atoms with Crippen LogP contribution in [0, 0.1) is 6.92 Å². The quantitative estimate of drug-likeness (QED) is 0.579. The van der Waals surface area contributed by atoms with E-state index in [2.05, 4.69) is 0 Å². The molecule has 0 N–H and O–H groups in total. The molecule has 0 saturated heterocycles. The van der Waals surface area contributed by atoms with E-state index in [4.69, 9.17) is 9.47 Å². The second-order valence-electron chi connectivity index (χ2n) is 6.55. The number of Topliss-reactive ketones (excluding diaryl/α,β-unsaturated/α-hetero) is 1. The van der Waals surface area contributed by atoms with Crippen LogP contribution < -0.4 is 9.64 Å². The second kappa shape index (κ2) is 7.61. The first kappa shape index (κ1) is 18.6. The number of ether oxygens (including phenoxy) is 2. The number of esters is 1. The van der Waals surface area contributed by atoms with Crippen LogP contribution in [-0.4, -0.2) is 38.4 Å². The molecule has 1 heterocycles. The average molecular weight is 367 g/mol. The summed E-state index contributed by atoms with van der Waals surface area (Å²) < 4.78 is 10.4. The monoisotopic (exact) mass is 367 g/mol. The molecule has 2 aromatic rings. The molecule has 1 amide bonds. The highest BCUT2D eigenvalue weighted by Crippen LogP contribution is 2.28. The molecule has 0 aromatic heterocycles. The van der Waals surface area contributed by atoms with Gasteiger partial charge in [0.2, 0.25) is 5.91 Å². The third kappa shape index (κ3) is 4.00. The molecular weight excluding hydrogens is 346 g/mol. The summed E-state index contributed by atoms with van der Waals surface area (Å²) in [6, 6.07) is 10.6. The normalized spacial score (nSPS) is 12.7. The fourth-order valence-corrected chi connectivity index (χ4v) is 3.13. The molecule has 6 heteroatoms. The summed E-state index contributed by atoms with van der Waals surface area (Å²) in [5, 5.41) is 0. The van der Waals surface area contributed by atoms with Crippen LogP contribution in [0.25, 0.3) is 0 Å². The summed E-state index contributed by atoms with van der Waals surface area (Å²) in [6.45, 7) is 1.59. The van der Waals surface area contributed by atoms with Gasteiger partial charge in [-0.05, 0) is 36.8 Å². The van der Waals surface area contributed by atoms with Crippen molar-refractivity contribution in [2.24, 2.45) is 0 Å². The zero-order valence-corrected chi connectivity index (χ0v) is 15.6. The van der Waals surface area contributed by atoms with E-state index in [1.54, 1.807) is 43.3 Å². The number of ketones is 1. The van der Waals surface area contributed by atoms with E-state index in [-0.39, 0.29) is 31.1 Å². The minimum atomic E-state index is -0.497. The molecule has 1 aliphatic rings. The lowest BCUT2D eigenvalue weighted by Gasteiger charge is -2.11. The predicted molar refractivity (Wildman–Crippen MR) is 100 cm³/mol. The number of hydrogen-bond acceptors (Lipinski definition) is 5. The molecular formula is C21H21NO5. The van der Waals surface area contributed by atoms with Gasteiger partial charge in [0.05, 0.1) is 20.0 Å². The zero-order valence-electron chi connectivity index (χ0n) is 15.6. The Kier molecular flexibility index (Phi) is 5.26. The van der Waals surface area contributed by atoms with Crippen molar-refractivity contribution >= 4 is 23.3 Å². The number of hydrogen-bond donors (Lipinski definition) is 0. The van der Waals surface area contributed by atoms with E-state index in [0.717, 1.165) is 16.8 Å². The Morgan fingerprint density at radius 2 is 1.93 bits per heavy atom. The first-order chi connectivity index (χ1) is 12.9. The highest BCUT2D eigenvalue weighted by atomic mass is 16.5. The minimum absolute atomic E-state index is 0.00636. The number of rotatable bonds is 6. The minimum Gasteiger partial charge on any atom is -0.496 e. The van der Waals surface area contributed by atoms with Gasteiger partial charge in [-0.2, -0.15) is 0 Å². The Bertz CT molecular complexity index is 919. The van der Waals surface area contributed by atoms with Crippen molar-refractivity contribution in [3.05, 3.63) is 58.7 Å². The molecule has 0 saturated carbocycles. The van der Waals surface area contributed by atoms with Gasteiger partial charge in [-0.3, -0.25) is 14.4 Å². The fourth-order valence-electron chi connectivity index (χ4n) is 3.13. The van der Waals surface area contributed by atoms with E-state index < -0.39 is 5.97 Å². The molecule has 2 aromatic carbocycles. The van der Waals surface area contributed by atoms with Gasteiger partial charge >= 0.3 is 5.97 Å². The molecule has 0 spiro atoms. The summed E-state index contributed by atoms with van der Waals surface area (Å²) in [4.78, 5) is 37.8. The first-order valence-electron chi connectivity index (χ1n) is 8.61. The van der Waals surface area contributed by atoms with Gasteiger partial charge in [-0.1, -0.05) is 17.7 Å². The maximum Gasteiger partial charge on any atom is 0.310 e. The van der Waals surface area contributed by atoms with E-state index >= 15 is 0 Å². The van der Waals surface area contributed by atoms with Crippen molar-refractivity contribution in [3.63, 3.8) is 0 Å². The Balaban J connectivity index is 1.61. The Labute approximate surface area is 157 Å². The van der Waals surface area contributed by atoms with Crippen LogP contribution in [0.2, 0.25) is 0 Å². The van der Waals surface area contributed by atoms with Gasteiger partial charge < -0.3 is 14.4 Å². The maximum atomic E-state index is 12.3. The number of anilines is 1. The highest BCUT2D eigenvalue weighted by Gasteiger charge is 2.25. The molecule has 0 fully saturated rings. The number of carbonyl (C=O) groups is 3. The molecule has 140 valence electrons. The number of carbonyl (C=O) groups excluding carboxylic acids is 3. The van der Waals surface area contributed by atoms with Crippen LogP contribution in [0.4, 0.5) is 5.69 Å². The van der Waals surface area contributed by atoms with Gasteiger partial charge in [0.15, 0.2) is 12.4 Å². The summed E-state index contributed by atoms with van der Waals surface area (Å²) in [7, 11) is 3.25. The lowest BCUT2D eigenvalue weighted by atomic mass is 10.1. The van der Waals surface area contributed by atoms with Crippen LogP contribution >= 0.6 is 0 Å². The summed E-state index contributed by atoms with van der Waals surface area (Å²) in [5.41, 5.74) is 3.77. The number of amides is 1. The number of nitrogens with zero attached hydrogens (tertiary/aromatic N) is 1. The van der Waals surface area contributed by atoms with Gasteiger partial charge in [0.25, 0.3) is 0 Å². The number of fused-ring (bicyclic) bond motifs is 1. The number of aryl methyl sites for hydroxylation is 1. The van der Waals surface area contributed by atoms with Crippen LogP contribution in [0.3, 0.4) is 0 Å².